The first-order chi connectivity index (χ1) is 7.69. The number of aliphatic hydroxyl groups is 1. The Hall–Kier alpha value is -0.650. The van der Waals surface area contributed by atoms with Crippen LogP contribution in [0, 0.1) is 0 Å². The van der Waals surface area contributed by atoms with Gasteiger partial charge in [-0.2, -0.15) is 0 Å². The van der Waals surface area contributed by atoms with Gasteiger partial charge in [0.2, 0.25) is 5.91 Å². The van der Waals surface area contributed by atoms with Crippen LogP contribution in [-0.4, -0.2) is 41.7 Å². The summed E-state index contributed by atoms with van der Waals surface area (Å²) >= 11 is 0. The predicted octanol–water partition coefficient (Wildman–Crippen LogP) is 0.239. The number of carbonyl (C=O) groups is 1. The van der Waals surface area contributed by atoms with Gasteiger partial charge in [0, 0.05) is 19.0 Å². The van der Waals surface area contributed by atoms with Gasteiger partial charge >= 0.3 is 0 Å². The molecule has 0 fully saturated rings. The average Bonchev–Trinajstić information content (AvgIpc) is 2.30. The maximum absolute atomic E-state index is 11.0. The van der Waals surface area contributed by atoms with Gasteiger partial charge in [-0.15, -0.1) is 0 Å². The van der Waals surface area contributed by atoms with Crippen molar-refractivity contribution in [2.24, 2.45) is 5.84 Å². The van der Waals surface area contributed by atoms with Gasteiger partial charge in [0.05, 0.1) is 6.61 Å². The molecule has 0 saturated carbocycles. The highest BCUT2D eigenvalue weighted by Crippen LogP contribution is 2.09. The molecule has 1 amide bonds. The minimum atomic E-state index is -0.131. The quantitative estimate of drug-likeness (QED) is 0.302. The van der Waals surface area contributed by atoms with Crippen molar-refractivity contribution in [2.75, 3.05) is 19.7 Å². The van der Waals surface area contributed by atoms with Crippen LogP contribution in [0.15, 0.2) is 0 Å². The second-order valence-corrected chi connectivity index (χ2v) is 3.90. The summed E-state index contributed by atoms with van der Waals surface area (Å²) in [6, 6.07) is 0.494. The predicted molar refractivity (Wildman–Crippen MR) is 64.6 cm³/mol. The first-order valence-corrected chi connectivity index (χ1v) is 6.03. The second-order valence-electron chi connectivity index (χ2n) is 3.90. The SMILES string of the molecule is CCC(CC)N(CCO)CCCC(=O)NN. The topological polar surface area (TPSA) is 78.6 Å². The Morgan fingerprint density at radius 1 is 1.38 bits per heavy atom. The van der Waals surface area contributed by atoms with Crippen LogP contribution >= 0.6 is 0 Å². The molecule has 0 rings (SSSR count). The third kappa shape index (κ3) is 6.05. The summed E-state index contributed by atoms with van der Waals surface area (Å²) in [6.07, 6.45) is 3.36. The zero-order valence-electron chi connectivity index (χ0n) is 10.4. The second kappa shape index (κ2) is 9.57. The molecule has 96 valence electrons. The average molecular weight is 231 g/mol. The lowest BCUT2D eigenvalue weighted by molar-refractivity contribution is -0.121. The van der Waals surface area contributed by atoms with Gasteiger partial charge in [0.15, 0.2) is 0 Å². The number of carbonyl (C=O) groups excluding carboxylic acids is 1. The Balaban J connectivity index is 3.97. The van der Waals surface area contributed by atoms with E-state index in [2.05, 4.69) is 24.2 Å². The van der Waals surface area contributed by atoms with Crippen LogP contribution in [0.5, 0.6) is 0 Å². The van der Waals surface area contributed by atoms with E-state index in [0.717, 1.165) is 25.8 Å². The molecular formula is C11H25N3O2. The number of nitrogens with one attached hydrogen (secondary N) is 1. The van der Waals surface area contributed by atoms with Gasteiger partial charge in [-0.25, -0.2) is 5.84 Å². The maximum atomic E-state index is 11.0. The van der Waals surface area contributed by atoms with Crippen molar-refractivity contribution in [1.29, 1.82) is 0 Å². The van der Waals surface area contributed by atoms with Crippen LogP contribution in [0.2, 0.25) is 0 Å². The van der Waals surface area contributed by atoms with E-state index in [0.29, 0.717) is 19.0 Å². The number of hydrogen-bond donors (Lipinski definition) is 3. The molecule has 0 aromatic rings. The van der Waals surface area contributed by atoms with E-state index in [1.54, 1.807) is 0 Å². The summed E-state index contributed by atoms with van der Waals surface area (Å²) in [5.41, 5.74) is 2.12. The first kappa shape index (κ1) is 15.3. The Kier molecular flexibility index (Phi) is 9.18. The molecular weight excluding hydrogens is 206 g/mol. The van der Waals surface area contributed by atoms with Crippen molar-refractivity contribution in [3.8, 4) is 0 Å². The molecule has 5 nitrogen and oxygen atoms in total. The number of hydrogen-bond acceptors (Lipinski definition) is 4. The molecule has 0 aromatic heterocycles. The summed E-state index contributed by atoms with van der Waals surface area (Å²) < 4.78 is 0. The number of nitrogens with two attached hydrogens (primary N) is 1. The van der Waals surface area contributed by atoms with Gasteiger partial charge in [-0.05, 0) is 25.8 Å². The zero-order chi connectivity index (χ0) is 12.4. The largest absolute Gasteiger partial charge is 0.395 e. The number of aliphatic hydroxyl groups excluding tert-OH is 1. The van der Waals surface area contributed by atoms with E-state index in [9.17, 15) is 4.79 Å². The van der Waals surface area contributed by atoms with Gasteiger partial charge in [0.25, 0.3) is 0 Å². The molecule has 4 N–H and O–H groups in total. The van der Waals surface area contributed by atoms with Gasteiger partial charge in [0.1, 0.15) is 0 Å². The van der Waals surface area contributed by atoms with Crippen molar-refractivity contribution in [3.63, 3.8) is 0 Å². The van der Waals surface area contributed by atoms with E-state index < -0.39 is 0 Å². The Morgan fingerprint density at radius 3 is 2.44 bits per heavy atom. The van der Waals surface area contributed by atoms with Crippen LogP contribution in [0.4, 0.5) is 0 Å². The van der Waals surface area contributed by atoms with Crippen molar-refractivity contribution >= 4 is 5.91 Å². The number of rotatable bonds is 9. The molecule has 16 heavy (non-hydrogen) atoms. The normalized spacial score (nSPS) is 11.1. The van der Waals surface area contributed by atoms with Crippen molar-refractivity contribution in [3.05, 3.63) is 0 Å². The zero-order valence-corrected chi connectivity index (χ0v) is 10.4. The molecule has 0 heterocycles. The van der Waals surface area contributed by atoms with Crippen molar-refractivity contribution in [1.82, 2.24) is 10.3 Å². The van der Waals surface area contributed by atoms with Crippen LogP contribution in [0.3, 0.4) is 0 Å². The highest BCUT2D eigenvalue weighted by atomic mass is 16.3. The molecule has 0 aliphatic heterocycles. The van der Waals surface area contributed by atoms with E-state index in [1.807, 2.05) is 0 Å². The van der Waals surface area contributed by atoms with Gasteiger partial charge in [-0.1, -0.05) is 13.8 Å². The lowest BCUT2D eigenvalue weighted by Gasteiger charge is -2.29. The standard InChI is InChI=1S/C11H25N3O2/c1-3-10(4-2)14(8-9-15)7-5-6-11(16)13-12/h10,15H,3-9,12H2,1-2H3,(H,13,16). The summed E-state index contributed by atoms with van der Waals surface area (Å²) in [7, 11) is 0. The summed E-state index contributed by atoms with van der Waals surface area (Å²) in [5, 5.41) is 8.99. The van der Waals surface area contributed by atoms with Gasteiger partial charge < -0.3 is 5.11 Å². The molecule has 0 aromatic carbocycles. The molecule has 0 radical (unpaired) electrons. The minimum Gasteiger partial charge on any atom is -0.395 e. The summed E-state index contributed by atoms with van der Waals surface area (Å²) in [5.74, 6) is 4.88. The van der Waals surface area contributed by atoms with Crippen LogP contribution in [0.1, 0.15) is 39.5 Å². The lowest BCUT2D eigenvalue weighted by atomic mass is 10.1. The monoisotopic (exact) mass is 231 g/mol. The van der Waals surface area contributed by atoms with Gasteiger partial charge in [-0.3, -0.25) is 15.1 Å². The van der Waals surface area contributed by atoms with E-state index in [-0.39, 0.29) is 12.5 Å². The van der Waals surface area contributed by atoms with E-state index in [1.165, 1.54) is 0 Å². The fourth-order valence-corrected chi connectivity index (χ4v) is 1.93. The Labute approximate surface area is 98.0 Å². The van der Waals surface area contributed by atoms with E-state index in [4.69, 9.17) is 10.9 Å². The Morgan fingerprint density at radius 2 is 2.00 bits per heavy atom. The van der Waals surface area contributed by atoms with Crippen molar-refractivity contribution in [2.45, 2.75) is 45.6 Å². The molecule has 0 bridgehead atoms. The van der Waals surface area contributed by atoms with Crippen molar-refractivity contribution < 1.29 is 9.90 Å². The highest BCUT2D eigenvalue weighted by Gasteiger charge is 2.14. The van der Waals surface area contributed by atoms with Crippen LogP contribution in [0.25, 0.3) is 0 Å². The van der Waals surface area contributed by atoms with E-state index >= 15 is 0 Å². The third-order valence-corrected chi connectivity index (χ3v) is 2.86. The third-order valence-electron chi connectivity index (χ3n) is 2.86. The first-order valence-electron chi connectivity index (χ1n) is 6.03. The number of amides is 1. The smallest absolute Gasteiger partial charge is 0.233 e. The molecule has 0 aliphatic rings. The Bertz CT molecular complexity index is 184. The molecule has 5 heteroatoms. The van der Waals surface area contributed by atoms with Crippen LogP contribution < -0.4 is 11.3 Å². The molecule has 0 unspecified atom stereocenters. The number of nitrogens with zero attached hydrogens (tertiary/aromatic N) is 1. The maximum Gasteiger partial charge on any atom is 0.233 e. The summed E-state index contributed by atoms with van der Waals surface area (Å²) in [4.78, 5) is 13.2. The van der Waals surface area contributed by atoms with Crippen LogP contribution in [-0.2, 0) is 4.79 Å². The highest BCUT2D eigenvalue weighted by molar-refractivity contribution is 5.75. The molecule has 0 spiro atoms. The number of hydrazine groups is 1. The molecule has 0 saturated heterocycles. The fraction of sp³-hybridized carbons (Fsp3) is 0.909. The molecule has 0 aliphatic carbocycles. The molecule has 0 atom stereocenters. The fourth-order valence-electron chi connectivity index (χ4n) is 1.93. The lowest BCUT2D eigenvalue weighted by Crippen LogP contribution is -2.38. The summed E-state index contributed by atoms with van der Waals surface area (Å²) in [6.45, 7) is 5.97. The minimum absolute atomic E-state index is 0.131.